The van der Waals surface area contributed by atoms with Crippen LogP contribution >= 0.6 is 0 Å². The maximum atomic E-state index is 15.1. The molecule has 1 saturated carbocycles. The van der Waals surface area contributed by atoms with Crippen molar-refractivity contribution in [3.63, 3.8) is 0 Å². The standard InChI is InChI=1S/C55H74F2N2O7/c1-4-7-8-9-10-11-12-13-14-25-52(62)59(38-40-26-28-43(56)29-27-40)51-37-49(58-65-6-3)46-35-41(21-17-19-32-60)45(23-18-20-33-61)53-47-36-44(63-39-42-22-15-16-24-48(42)57)30-31-50(47)66-55(51,54(46)53)64-34-5-2/h5,15-16,22,24,26-31,35-36,41,45,51,53-54,60-61H,2,4,6-14,17-21,23,25,32-34,37-39H2,1,3H3/t41-,45+,51-,53+,54+,55+/m0/s1. The summed E-state index contributed by atoms with van der Waals surface area (Å²) in [4.78, 5) is 22.9. The quantitative estimate of drug-likeness (QED) is 0.0405. The van der Waals surface area contributed by atoms with Gasteiger partial charge in [-0.25, -0.2) is 8.78 Å². The van der Waals surface area contributed by atoms with Gasteiger partial charge in [-0.3, -0.25) is 4.79 Å². The van der Waals surface area contributed by atoms with Crippen LogP contribution < -0.4 is 9.47 Å². The number of carbonyl (C=O) groups is 1. The van der Waals surface area contributed by atoms with E-state index in [-0.39, 0.29) is 74.7 Å². The predicted octanol–water partition coefficient (Wildman–Crippen LogP) is 12.1. The number of allylic oxidation sites excluding steroid dienone is 1. The summed E-state index contributed by atoms with van der Waals surface area (Å²) in [6.45, 7) is 9.06. The molecule has 6 atom stereocenters. The number of aliphatic hydroxyl groups is 2. The van der Waals surface area contributed by atoms with Gasteiger partial charge in [0, 0.05) is 49.6 Å². The molecule has 1 fully saturated rings. The van der Waals surface area contributed by atoms with Gasteiger partial charge in [-0.2, -0.15) is 0 Å². The molecule has 3 aromatic carbocycles. The lowest BCUT2D eigenvalue weighted by Gasteiger charge is -2.60. The number of hydrogen-bond acceptors (Lipinski definition) is 8. The lowest BCUT2D eigenvalue weighted by atomic mass is 9.55. The molecule has 360 valence electrons. The van der Waals surface area contributed by atoms with Gasteiger partial charge in [0.05, 0.1) is 18.2 Å². The van der Waals surface area contributed by atoms with Crippen LogP contribution in [0, 0.1) is 29.4 Å². The highest BCUT2D eigenvalue weighted by atomic mass is 19.1. The van der Waals surface area contributed by atoms with Crippen LogP contribution in [-0.4, -0.2) is 65.0 Å². The van der Waals surface area contributed by atoms with Crippen molar-refractivity contribution in [1.29, 1.82) is 0 Å². The van der Waals surface area contributed by atoms with Crippen LogP contribution in [0.3, 0.4) is 0 Å². The molecule has 0 radical (unpaired) electrons. The van der Waals surface area contributed by atoms with E-state index in [1.807, 2.05) is 30.0 Å². The van der Waals surface area contributed by atoms with Crippen molar-refractivity contribution < 1.29 is 42.8 Å². The van der Waals surface area contributed by atoms with E-state index in [9.17, 15) is 19.0 Å². The summed E-state index contributed by atoms with van der Waals surface area (Å²) in [7, 11) is 0. The fourth-order valence-electron chi connectivity index (χ4n) is 10.5. The number of carbonyl (C=O) groups excluding carboxylic acids is 1. The van der Waals surface area contributed by atoms with Crippen LogP contribution in [0.15, 0.2) is 96.2 Å². The van der Waals surface area contributed by atoms with Crippen molar-refractivity contribution in [2.24, 2.45) is 22.9 Å². The number of unbranched alkanes of at least 4 members (excludes halogenated alkanes) is 10. The number of hydrogen-bond donors (Lipinski definition) is 2. The fourth-order valence-corrected chi connectivity index (χ4v) is 10.5. The van der Waals surface area contributed by atoms with Gasteiger partial charge in [-0.15, -0.1) is 6.58 Å². The van der Waals surface area contributed by atoms with E-state index in [1.165, 1.54) is 50.3 Å². The number of oxime groups is 1. The number of halogens is 2. The summed E-state index contributed by atoms with van der Waals surface area (Å²) in [6, 6.07) is 17.9. The van der Waals surface area contributed by atoms with Crippen molar-refractivity contribution in [3.05, 3.63) is 119 Å². The average Bonchev–Trinajstić information content (AvgIpc) is 3.32. The number of rotatable bonds is 29. The van der Waals surface area contributed by atoms with E-state index in [2.05, 4.69) is 19.6 Å². The number of amides is 1. The van der Waals surface area contributed by atoms with Crippen molar-refractivity contribution in [2.45, 2.75) is 154 Å². The summed E-state index contributed by atoms with van der Waals surface area (Å²) in [5.41, 5.74) is 3.79. The Hall–Kier alpha value is -4.58. The van der Waals surface area contributed by atoms with Gasteiger partial charge in [0.25, 0.3) is 0 Å². The van der Waals surface area contributed by atoms with Gasteiger partial charge < -0.3 is 34.2 Å². The molecular weight excluding hydrogens is 839 g/mol. The summed E-state index contributed by atoms with van der Waals surface area (Å²) in [5, 5.41) is 24.8. The lowest BCUT2D eigenvalue weighted by Crippen LogP contribution is -2.70. The summed E-state index contributed by atoms with van der Waals surface area (Å²) >= 11 is 0. The number of aliphatic hydroxyl groups excluding tert-OH is 2. The van der Waals surface area contributed by atoms with Crippen molar-refractivity contribution in [1.82, 2.24) is 4.90 Å². The van der Waals surface area contributed by atoms with Gasteiger partial charge in [-0.1, -0.05) is 119 Å². The van der Waals surface area contributed by atoms with Crippen LogP contribution in [0.25, 0.3) is 0 Å². The van der Waals surface area contributed by atoms with Crippen LogP contribution in [0.5, 0.6) is 11.5 Å². The third kappa shape index (κ3) is 12.9. The maximum absolute atomic E-state index is 15.1. The fraction of sp³-hybridized carbons (Fsp3) is 0.564. The molecular formula is C55H74F2N2O7. The van der Waals surface area contributed by atoms with Crippen molar-refractivity contribution in [2.75, 3.05) is 26.4 Å². The van der Waals surface area contributed by atoms with E-state index in [0.717, 1.165) is 73.8 Å². The highest BCUT2D eigenvalue weighted by Crippen LogP contribution is 2.62. The molecule has 0 spiro atoms. The lowest BCUT2D eigenvalue weighted by molar-refractivity contribution is -0.258. The van der Waals surface area contributed by atoms with Gasteiger partial charge in [0.1, 0.15) is 42.4 Å². The normalized spacial score (nSPS) is 22.5. The number of fused-ring (bicyclic) bond motifs is 2. The molecule has 3 aliphatic rings. The van der Waals surface area contributed by atoms with Crippen molar-refractivity contribution >= 4 is 11.6 Å². The Balaban J connectivity index is 1.48. The molecule has 11 heteroatoms. The Morgan fingerprint density at radius 3 is 2.30 bits per heavy atom. The maximum Gasteiger partial charge on any atom is 0.239 e. The van der Waals surface area contributed by atoms with Gasteiger partial charge >= 0.3 is 0 Å². The number of ether oxygens (including phenoxy) is 3. The highest BCUT2D eigenvalue weighted by molar-refractivity contribution is 6.03. The zero-order valence-electron chi connectivity index (χ0n) is 39.4. The first-order chi connectivity index (χ1) is 32.3. The third-order valence-corrected chi connectivity index (χ3v) is 13.8. The zero-order chi connectivity index (χ0) is 46.7. The second-order valence-electron chi connectivity index (χ2n) is 18.3. The number of benzene rings is 3. The highest BCUT2D eigenvalue weighted by Gasteiger charge is 2.65. The molecule has 6 rings (SSSR count). The summed E-state index contributed by atoms with van der Waals surface area (Å²) < 4.78 is 50.1. The smallest absolute Gasteiger partial charge is 0.239 e. The first-order valence-corrected chi connectivity index (χ1v) is 24.9. The van der Waals surface area contributed by atoms with E-state index in [1.54, 1.807) is 36.4 Å². The van der Waals surface area contributed by atoms with Gasteiger partial charge in [0.15, 0.2) is 0 Å². The Kier molecular flexibility index (Phi) is 20.1. The molecule has 3 aromatic rings. The van der Waals surface area contributed by atoms with Crippen LogP contribution in [0.1, 0.15) is 146 Å². The van der Waals surface area contributed by atoms with Crippen LogP contribution in [0.4, 0.5) is 8.78 Å². The molecule has 1 heterocycles. The zero-order valence-corrected chi connectivity index (χ0v) is 39.4. The van der Waals surface area contributed by atoms with Crippen LogP contribution in [-0.2, 0) is 27.5 Å². The van der Waals surface area contributed by atoms with Gasteiger partial charge in [0.2, 0.25) is 11.7 Å². The summed E-state index contributed by atoms with van der Waals surface area (Å²) in [5.74, 6) is -1.67. The third-order valence-electron chi connectivity index (χ3n) is 13.8. The van der Waals surface area contributed by atoms with E-state index in [4.69, 9.17) is 24.2 Å². The van der Waals surface area contributed by atoms with E-state index < -0.39 is 17.7 Å². The van der Waals surface area contributed by atoms with Crippen molar-refractivity contribution in [3.8, 4) is 11.5 Å². The Bertz CT molecular complexity index is 2040. The molecule has 1 amide bonds. The SMILES string of the molecule is C=CCO[C@@]12Oc3ccc(OCc4ccccc4F)cc3[C@H]3[C@H](CCCCO)[C@@H](CCCCO)C=C(C(=NOCC)C[C@@H]1N(Cc1ccc(F)cc1)C(=O)CCCCCCCCCCC)[C@H]32. The summed E-state index contributed by atoms with van der Waals surface area (Å²) in [6.07, 6.45) is 19.2. The predicted molar refractivity (Wildman–Crippen MR) is 256 cm³/mol. The number of nitrogens with zero attached hydrogens (tertiary/aromatic N) is 2. The largest absolute Gasteiger partial charge is 0.489 e. The topological polar surface area (TPSA) is 110 Å². The second kappa shape index (κ2) is 26.1. The van der Waals surface area contributed by atoms with Crippen LogP contribution in [0.2, 0.25) is 0 Å². The molecule has 1 aliphatic heterocycles. The molecule has 66 heavy (non-hydrogen) atoms. The minimum absolute atomic E-state index is 0.0236. The Labute approximate surface area is 392 Å². The van der Waals surface area contributed by atoms with Gasteiger partial charge in [-0.05, 0) is 98.4 Å². The first-order valence-electron chi connectivity index (χ1n) is 24.9. The van der Waals surface area contributed by atoms with E-state index in [0.29, 0.717) is 42.9 Å². The molecule has 9 nitrogen and oxygen atoms in total. The second-order valence-corrected chi connectivity index (χ2v) is 18.3. The Morgan fingerprint density at radius 2 is 1.61 bits per heavy atom. The Morgan fingerprint density at radius 1 is 0.894 bits per heavy atom. The monoisotopic (exact) mass is 913 g/mol. The average molecular weight is 913 g/mol. The molecule has 2 N–H and O–H groups in total. The minimum Gasteiger partial charge on any atom is -0.489 e. The molecule has 0 saturated heterocycles. The molecule has 0 bridgehead atoms. The molecule has 0 aromatic heterocycles. The molecule has 2 aliphatic carbocycles. The first kappa shape index (κ1) is 50.8. The minimum atomic E-state index is -1.43. The molecule has 0 unspecified atom stereocenters. The van der Waals surface area contributed by atoms with E-state index >= 15 is 4.79 Å².